The quantitative estimate of drug-likeness (QED) is 0.791. The summed E-state index contributed by atoms with van der Waals surface area (Å²) >= 11 is 0. The first-order valence-electron chi connectivity index (χ1n) is 8.75. The van der Waals surface area contributed by atoms with Crippen molar-refractivity contribution in [1.82, 2.24) is 4.57 Å². The number of nitrogens with one attached hydrogen (secondary N) is 1. The van der Waals surface area contributed by atoms with E-state index in [2.05, 4.69) is 5.32 Å². The third kappa shape index (κ3) is 5.18. The molecule has 1 aliphatic heterocycles. The fraction of sp³-hybridized carbons (Fsp3) is 0.667. The molecule has 6 nitrogen and oxygen atoms in total. The first-order valence-corrected chi connectivity index (χ1v) is 8.75. The Labute approximate surface area is 143 Å². The Morgan fingerprint density at radius 3 is 2.88 bits per heavy atom. The summed E-state index contributed by atoms with van der Waals surface area (Å²) < 4.78 is 13.0. The maximum atomic E-state index is 12.5. The lowest BCUT2D eigenvalue weighted by atomic mass is 10.1. The Hall–Kier alpha value is -1.66. The van der Waals surface area contributed by atoms with E-state index >= 15 is 0 Å². The van der Waals surface area contributed by atoms with Crippen LogP contribution in [0.4, 0.5) is 5.69 Å². The molecule has 0 radical (unpaired) electrons. The zero-order valence-electron chi connectivity index (χ0n) is 14.8. The molecule has 1 saturated heterocycles. The second-order valence-corrected chi connectivity index (χ2v) is 6.57. The SMILES string of the molecule is CCCn1cc(NC(=O)C(OCC2CCCO2)C(C)C)ccc1=O. The van der Waals surface area contributed by atoms with Crippen LogP contribution in [0.3, 0.4) is 0 Å². The number of amides is 1. The van der Waals surface area contributed by atoms with Crippen molar-refractivity contribution < 1.29 is 14.3 Å². The Balaban J connectivity index is 1.98. The molecule has 0 aliphatic carbocycles. The van der Waals surface area contributed by atoms with E-state index in [-0.39, 0.29) is 23.5 Å². The molecule has 0 saturated carbocycles. The van der Waals surface area contributed by atoms with E-state index in [1.807, 2.05) is 20.8 Å². The molecular formula is C18H28N2O4. The molecule has 1 aromatic rings. The van der Waals surface area contributed by atoms with E-state index in [0.29, 0.717) is 18.8 Å². The van der Waals surface area contributed by atoms with Crippen molar-refractivity contribution in [2.75, 3.05) is 18.5 Å². The first kappa shape index (κ1) is 18.7. The Bertz CT molecular complexity index is 591. The fourth-order valence-corrected chi connectivity index (χ4v) is 2.79. The molecule has 1 fully saturated rings. The number of ether oxygens (including phenoxy) is 2. The van der Waals surface area contributed by atoms with Crippen LogP contribution >= 0.6 is 0 Å². The average molecular weight is 336 g/mol. The van der Waals surface area contributed by atoms with Crippen LogP contribution in [0.15, 0.2) is 23.1 Å². The summed E-state index contributed by atoms with van der Waals surface area (Å²) in [6.45, 7) is 7.75. The van der Waals surface area contributed by atoms with Crippen LogP contribution in [0.2, 0.25) is 0 Å². The third-order valence-electron chi connectivity index (χ3n) is 4.07. The lowest BCUT2D eigenvalue weighted by Gasteiger charge is -2.22. The van der Waals surface area contributed by atoms with Crippen molar-refractivity contribution >= 4 is 11.6 Å². The van der Waals surface area contributed by atoms with Crippen molar-refractivity contribution in [3.63, 3.8) is 0 Å². The Morgan fingerprint density at radius 2 is 2.25 bits per heavy atom. The summed E-state index contributed by atoms with van der Waals surface area (Å²) in [5.41, 5.74) is 0.546. The number of hydrogen-bond donors (Lipinski definition) is 1. The lowest BCUT2D eigenvalue weighted by Crippen LogP contribution is -2.37. The molecule has 1 N–H and O–H groups in total. The highest BCUT2D eigenvalue weighted by Crippen LogP contribution is 2.16. The zero-order valence-corrected chi connectivity index (χ0v) is 14.8. The van der Waals surface area contributed by atoms with Gasteiger partial charge in [-0.1, -0.05) is 20.8 Å². The largest absolute Gasteiger partial charge is 0.376 e. The van der Waals surface area contributed by atoms with Crippen LogP contribution in [0.1, 0.15) is 40.0 Å². The molecule has 2 rings (SSSR count). The molecule has 134 valence electrons. The maximum absolute atomic E-state index is 12.5. The topological polar surface area (TPSA) is 69.6 Å². The minimum absolute atomic E-state index is 0.0490. The van der Waals surface area contributed by atoms with Gasteiger partial charge < -0.3 is 19.4 Å². The van der Waals surface area contributed by atoms with E-state index in [1.165, 1.54) is 6.07 Å². The van der Waals surface area contributed by atoms with Gasteiger partial charge in [-0.05, 0) is 31.2 Å². The number of hydrogen-bond acceptors (Lipinski definition) is 4. The molecule has 2 heterocycles. The highest BCUT2D eigenvalue weighted by molar-refractivity contribution is 5.94. The number of aromatic nitrogens is 1. The van der Waals surface area contributed by atoms with E-state index in [4.69, 9.17) is 9.47 Å². The number of pyridine rings is 1. The number of nitrogens with zero attached hydrogens (tertiary/aromatic N) is 1. The van der Waals surface area contributed by atoms with Crippen LogP contribution in [-0.2, 0) is 20.8 Å². The normalized spacial score (nSPS) is 18.8. The standard InChI is InChI=1S/C18H28N2O4/c1-4-9-20-11-14(7-8-16(20)21)19-18(22)17(13(2)3)24-12-15-6-5-10-23-15/h7-8,11,13,15,17H,4-6,9-10,12H2,1-3H3,(H,19,22). The van der Waals surface area contributed by atoms with E-state index in [0.717, 1.165) is 25.9 Å². The van der Waals surface area contributed by atoms with Gasteiger partial charge in [-0.2, -0.15) is 0 Å². The van der Waals surface area contributed by atoms with Crippen molar-refractivity contribution in [3.05, 3.63) is 28.7 Å². The van der Waals surface area contributed by atoms with E-state index in [1.54, 1.807) is 16.8 Å². The molecule has 1 aromatic heterocycles. The highest BCUT2D eigenvalue weighted by Gasteiger charge is 2.26. The molecule has 1 aliphatic rings. The van der Waals surface area contributed by atoms with Gasteiger partial charge in [0.25, 0.3) is 11.5 Å². The first-order chi connectivity index (χ1) is 11.5. The van der Waals surface area contributed by atoms with Gasteiger partial charge in [-0.3, -0.25) is 9.59 Å². The fourth-order valence-electron chi connectivity index (χ4n) is 2.79. The summed E-state index contributed by atoms with van der Waals surface area (Å²) in [4.78, 5) is 24.3. The molecule has 0 spiro atoms. The lowest BCUT2D eigenvalue weighted by molar-refractivity contribution is -0.132. The molecule has 2 atom stereocenters. The average Bonchev–Trinajstić information content (AvgIpc) is 3.04. The minimum atomic E-state index is -0.541. The summed E-state index contributed by atoms with van der Waals surface area (Å²) in [6, 6.07) is 3.10. The summed E-state index contributed by atoms with van der Waals surface area (Å²) in [5, 5.41) is 2.86. The van der Waals surface area contributed by atoms with Crippen molar-refractivity contribution in [2.45, 2.75) is 58.8 Å². The minimum Gasteiger partial charge on any atom is -0.376 e. The summed E-state index contributed by atoms with van der Waals surface area (Å²) in [7, 11) is 0. The predicted molar refractivity (Wildman–Crippen MR) is 93.2 cm³/mol. The highest BCUT2D eigenvalue weighted by atomic mass is 16.5. The second kappa shape index (κ2) is 8.99. The van der Waals surface area contributed by atoms with Gasteiger partial charge in [0.1, 0.15) is 6.10 Å². The second-order valence-electron chi connectivity index (χ2n) is 6.57. The Morgan fingerprint density at radius 1 is 1.46 bits per heavy atom. The van der Waals surface area contributed by atoms with Crippen LogP contribution in [0.25, 0.3) is 0 Å². The molecule has 0 bridgehead atoms. The summed E-state index contributed by atoms with van der Waals surface area (Å²) in [6.07, 6.45) is 4.11. The van der Waals surface area contributed by atoms with Crippen molar-refractivity contribution in [2.24, 2.45) is 5.92 Å². The van der Waals surface area contributed by atoms with Crippen LogP contribution in [0.5, 0.6) is 0 Å². The van der Waals surface area contributed by atoms with Gasteiger partial charge in [0, 0.05) is 25.4 Å². The van der Waals surface area contributed by atoms with Gasteiger partial charge in [0.15, 0.2) is 0 Å². The maximum Gasteiger partial charge on any atom is 0.253 e. The molecule has 1 amide bonds. The monoisotopic (exact) mass is 336 g/mol. The number of aryl methyl sites for hydroxylation is 1. The molecule has 2 unspecified atom stereocenters. The van der Waals surface area contributed by atoms with Gasteiger partial charge in [-0.25, -0.2) is 0 Å². The van der Waals surface area contributed by atoms with Gasteiger partial charge in [0.2, 0.25) is 0 Å². The van der Waals surface area contributed by atoms with Crippen LogP contribution in [-0.4, -0.2) is 35.9 Å². The molecule has 0 aromatic carbocycles. The van der Waals surface area contributed by atoms with E-state index in [9.17, 15) is 9.59 Å². The third-order valence-corrected chi connectivity index (χ3v) is 4.07. The zero-order chi connectivity index (χ0) is 17.5. The predicted octanol–water partition coefficient (Wildman–Crippen LogP) is 2.42. The van der Waals surface area contributed by atoms with Crippen LogP contribution < -0.4 is 10.9 Å². The van der Waals surface area contributed by atoms with Crippen LogP contribution in [0, 0.1) is 5.92 Å². The Kier molecular flexibility index (Phi) is 6.99. The van der Waals surface area contributed by atoms with Gasteiger partial charge >= 0.3 is 0 Å². The number of carbonyl (C=O) groups is 1. The van der Waals surface area contributed by atoms with Crippen molar-refractivity contribution in [1.29, 1.82) is 0 Å². The van der Waals surface area contributed by atoms with Gasteiger partial charge in [-0.15, -0.1) is 0 Å². The molecular weight excluding hydrogens is 308 g/mol. The number of anilines is 1. The van der Waals surface area contributed by atoms with E-state index < -0.39 is 6.10 Å². The van der Waals surface area contributed by atoms with Gasteiger partial charge in [0.05, 0.1) is 18.4 Å². The van der Waals surface area contributed by atoms with Crippen molar-refractivity contribution in [3.8, 4) is 0 Å². The number of rotatable bonds is 8. The molecule has 6 heteroatoms. The summed E-state index contributed by atoms with van der Waals surface area (Å²) in [5.74, 6) is -0.141. The number of carbonyl (C=O) groups excluding carboxylic acids is 1. The smallest absolute Gasteiger partial charge is 0.253 e. The molecule has 24 heavy (non-hydrogen) atoms.